The summed E-state index contributed by atoms with van der Waals surface area (Å²) in [5, 5.41) is 0.709. The lowest BCUT2D eigenvalue weighted by atomic mass is 9.76. The van der Waals surface area contributed by atoms with Crippen LogP contribution in [-0.4, -0.2) is 47.3 Å². The SMILES string of the molecule is CN1C2CCC1[C@@H](CN(C(=O)OC(C)(C)C)c1cccc(F)n1)[C@@H](c1ccc(Cl)cc1)C2. The maximum Gasteiger partial charge on any atom is 0.416 e. The Bertz CT molecular complexity index is 962. The number of hydrogen-bond acceptors (Lipinski definition) is 4. The fourth-order valence-corrected chi connectivity index (χ4v) is 5.38. The third-order valence-corrected chi connectivity index (χ3v) is 6.97. The van der Waals surface area contributed by atoms with Gasteiger partial charge in [-0.15, -0.1) is 0 Å². The fourth-order valence-electron chi connectivity index (χ4n) is 5.26. The first-order valence-corrected chi connectivity index (χ1v) is 11.6. The number of hydrogen-bond donors (Lipinski definition) is 0. The van der Waals surface area contributed by atoms with Gasteiger partial charge in [-0.25, -0.2) is 9.78 Å². The van der Waals surface area contributed by atoms with E-state index >= 15 is 0 Å². The van der Waals surface area contributed by atoms with Crippen LogP contribution in [-0.2, 0) is 4.74 Å². The molecular weight excluding hydrogens is 429 g/mol. The van der Waals surface area contributed by atoms with Crippen molar-refractivity contribution >= 4 is 23.5 Å². The van der Waals surface area contributed by atoms with Crippen molar-refractivity contribution in [3.63, 3.8) is 0 Å². The molecule has 1 aromatic carbocycles. The first-order valence-electron chi connectivity index (χ1n) is 11.2. The zero-order valence-corrected chi connectivity index (χ0v) is 19.8. The highest BCUT2D eigenvalue weighted by Gasteiger charge is 2.47. The summed E-state index contributed by atoms with van der Waals surface area (Å²) in [7, 11) is 2.17. The molecular formula is C25H31ClFN3O2. The van der Waals surface area contributed by atoms with Crippen molar-refractivity contribution in [3.05, 3.63) is 59.0 Å². The number of nitrogens with zero attached hydrogens (tertiary/aromatic N) is 3. The Morgan fingerprint density at radius 1 is 1.22 bits per heavy atom. The minimum atomic E-state index is -0.667. The van der Waals surface area contributed by atoms with E-state index in [-0.39, 0.29) is 17.7 Å². The van der Waals surface area contributed by atoms with Crippen LogP contribution < -0.4 is 4.90 Å². The number of amides is 1. The van der Waals surface area contributed by atoms with Gasteiger partial charge in [0.2, 0.25) is 5.95 Å². The lowest BCUT2D eigenvalue weighted by Crippen LogP contribution is -2.51. The molecule has 0 aliphatic carbocycles. The van der Waals surface area contributed by atoms with E-state index in [0.29, 0.717) is 23.7 Å². The summed E-state index contributed by atoms with van der Waals surface area (Å²) < 4.78 is 19.7. The molecule has 5 nitrogen and oxygen atoms in total. The van der Waals surface area contributed by atoms with Crippen LogP contribution >= 0.6 is 11.6 Å². The molecule has 1 aromatic heterocycles. The minimum Gasteiger partial charge on any atom is -0.443 e. The maximum absolute atomic E-state index is 14.0. The zero-order chi connectivity index (χ0) is 23.0. The lowest BCUT2D eigenvalue weighted by Gasteiger charge is -2.45. The van der Waals surface area contributed by atoms with Crippen LogP contribution in [0.1, 0.15) is 51.5 Å². The van der Waals surface area contributed by atoms with Crippen LogP contribution in [0.15, 0.2) is 42.5 Å². The Balaban J connectivity index is 1.70. The number of pyridine rings is 1. The second kappa shape index (κ2) is 8.99. The number of carbonyl (C=O) groups is 1. The van der Waals surface area contributed by atoms with E-state index in [2.05, 4.69) is 29.1 Å². The lowest BCUT2D eigenvalue weighted by molar-refractivity contribution is 0.0540. The molecule has 2 unspecified atom stereocenters. The van der Waals surface area contributed by atoms with Crippen LogP contribution in [0.4, 0.5) is 15.0 Å². The summed E-state index contributed by atoms with van der Waals surface area (Å²) >= 11 is 6.14. The smallest absolute Gasteiger partial charge is 0.416 e. The number of aromatic nitrogens is 1. The number of ether oxygens (including phenoxy) is 1. The summed E-state index contributed by atoms with van der Waals surface area (Å²) in [4.78, 5) is 21.2. The number of halogens is 2. The summed E-state index contributed by atoms with van der Waals surface area (Å²) in [6.07, 6.45) is 2.73. The largest absolute Gasteiger partial charge is 0.443 e. The molecule has 172 valence electrons. The Morgan fingerprint density at radius 3 is 2.59 bits per heavy atom. The maximum atomic E-state index is 14.0. The number of carbonyl (C=O) groups excluding carboxylic acids is 1. The standard InChI is InChI=1S/C25H31ClFN3O2/c1-25(2,3)32-24(31)30(23-7-5-6-22(27)28-23)15-20-19(16-8-10-17(26)11-9-16)14-18-12-13-21(20)29(18)4/h5-11,18-21H,12-15H2,1-4H3/t18?,19-,20+,21?/m1/s1. The number of rotatable bonds is 4. The van der Waals surface area contributed by atoms with Crippen LogP contribution in [0.25, 0.3) is 0 Å². The van der Waals surface area contributed by atoms with E-state index in [4.69, 9.17) is 16.3 Å². The molecule has 0 N–H and O–H groups in total. The normalized spacial score (nSPS) is 25.6. The second-order valence-corrected chi connectivity index (χ2v) is 10.4. The predicted octanol–water partition coefficient (Wildman–Crippen LogP) is 5.88. The molecule has 0 spiro atoms. The average molecular weight is 460 g/mol. The van der Waals surface area contributed by atoms with E-state index in [1.165, 1.54) is 16.5 Å². The molecule has 4 atom stereocenters. The Kier molecular flexibility index (Phi) is 6.46. The molecule has 0 radical (unpaired) electrons. The number of piperidine rings is 1. The van der Waals surface area contributed by atoms with Gasteiger partial charge in [-0.3, -0.25) is 4.90 Å². The van der Waals surface area contributed by atoms with Gasteiger partial charge in [0, 0.05) is 23.7 Å². The predicted molar refractivity (Wildman–Crippen MR) is 125 cm³/mol. The Labute approximate surface area is 194 Å². The van der Waals surface area contributed by atoms with Crippen molar-refractivity contribution in [3.8, 4) is 0 Å². The second-order valence-electron chi connectivity index (χ2n) is 9.93. The average Bonchev–Trinajstić information content (AvgIpc) is 2.96. The Hall–Kier alpha value is -2.18. The molecule has 2 fully saturated rings. The molecule has 2 aliphatic heterocycles. The van der Waals surface area contributed by atoms with Crippen LogP contribution in [0.2, 0.25) is 5.02 Å². The highest BCUT2D eigenvalue weighted by molar-refractivity contribution is 6.30. The first kappa shape index (κ1) is 23.0. The third kappa shape index (κ3) is 4.91. The molecule has 1 amide bonds. The van der Waals surface area contributed by atoms with E-state index in [0.717, 1.165) is 19.3 Å². The Morgan fingerprint density at radius 2 is 1.94 bits per heavy atom. The van der Waals surface area contributed by atoms with E-state index in [1.807, 2.05) is 32.9 Å². The summed E-state index contributed by atoms with van der Waals surface area (Å²) in [5.41, 5.74) is 0.556. The summed E-state index contributed by atoms with van der Waals surface area (Å²) in [6.45, 7) is 5.89. The monoisotopic (exact) mass is 459 g/mol. The molecule has 2 aromatic rings. The quantitative estimate of drug-likeness (QED) is 0.535. The number of anilines is 1. The third-order valence-electron chi connectivity index (χ3n) is 6.71. The van der Waals surface area contributed by atoms with Gasteiger partial charge in [0.05, 0.1) is 0 Å². The van der Waals surface area contributed by atoms with Crippen molar-refractivity contribution in [1.82, 2.24) is 9.88 Å². The van der Waals surface area contributed by atoms with Gasteiger partial charge in [0.1, 0.15) is 11.4 Å². The van der Waals surface area contributed by atoms with Crippen molar-refractivity contribution in [2.45, 2.75) is 63.6 Å². The zero-order valence-electron chi connectivity index (χ0n) is 19.1. The highest BCUT2D eigenvalue weighted by Crippen LogP contribution is 2.47. The summed E-state index contributed by atoms with van der Waals surface area (Å²) in [5.74, 6) is 0.0702. The van der Waals surface area contributed by atoms with Crippen LogP contribution in [0.5, 0.6) is 0 Å². The van der Waals surface area contributed by atoms with E-state index in [9.17, 15) is 9.18 Å². The van der Waals surface area contributed by atoms with Crippen LogP contribution in [0, 0.1) is 11.9 Å². The van der Waals surface area contributed by atoms with Gasteiger partial charge >= 0.3 is 6.09 Å². The van der Waals surface area contributed by atoms with E-state index < -0.39 is 17.6 Å². The van der Waals surface area contributed by atoms with Gasteiger partial charge in [0.25, 0.3) is 0 Å². The molecule has 0 saturated carbocycles. The van der Waals surface area contributed by atoms with Crippen molar-refractivity contribution in [1.29, 1.82) is 0 Å². The van der Waals surface area contributed by atoms with Gasteiger partial charge in [0.15, 0.2) is 0 Å². The molecule has 2 saturated heterocycles. The molecule has 4 rings (SSSR count). The topological polar surface area (TPSA) is 45.7 Å². The molecule has 32 heavy (non-hydrogen) atoms. The van der Waals surface area contributed by atoms with Crippen molar-refractivity contribution in [2.24, 2.45) is 5.92 Å². The molecule has 2 aliphatic rings. The minimum absolute atomic E-state index is 0.150. The molecule has 2 bridgehead atoms. The van der Waals surface area contributed by atoms with Gasteiger partial charge in [-0.05, 0) is 88.7 Å². The fraction of sp³-hybridized carbons (Fsp3) is 0.520. The first-order chi connectivity index (χ1) is 15.1. The highest BCUT2D eigenvalue weighted by atomic mass is 35.5. The van der Waals surface area contributed by atoms with Gasteiger partial charge in [-0.1, -0.05) is 29.8 Å². The number of benzene rings is 1. The van der Waals surface area contributed by atoms with E-state index in [1.54, 1.807) is 12.1 Å². The van der Waals surface area contributed by atoms with Gasteiger partial charge in [-0.2, -0.15) is 4.39 Å². The summed E-state index contributed by atoms with van der Waals surface area (Å²) in [6, 6.07) is 13.4. The van der Waals surface area contributed by atoms with Crippen molar-refractivity contribution < 1.29 is 13.9 Å². The van der Waals surface area contributed by atoms with Crippen molar-refractivity contribution in [2.75, 3.05) is 18.5 Å². The van der Waals surface area contributed by atoms with Gasteiger partial charge < -0.3 is 9.64 Å². The number of fused-ring (bicyclic) bond motifs is 2. The molecule has 3 heterocycles. The molecule has 7 heteroatoms. The van der Waals surface area contributed by atoms with Crippen LogP contribution in [0.3, 0.4) is 0 Å².